The smallest absolute Gasteiger partial charge is 0.0385 e. The van der Waals surface area contributed by atoms with E-state index in [1.807, 2.05) is 6.07 Å². The normalized spacial score (nSPS) is 12.5. The number of hydrogen-bond acceptors (Lipinski definition) is 2. The fourth-order valence-corrected chi connectivity index (χ4v) is 3.49. The number of nitrogen functional groups attached to an aromatic ring is 2. The van der Waals surface area contributed by atoms with E-state index in [1.54, 1.807) is 0 Å². The van der Waals surface area contributed by atoms with Crippen molar-refractivity contribution >= 4 is 11.4 Å². The van der Waals surface area contributed by atoms with E-state index < -0.39 is 0 Å². The third kappa shape index (κ3) is 3.28. The first-order valence-electron chi connectivity index (χ1n) is 8.64. The van der Waals surface area contributed by atoms with Gasteiger partial charge in [0, 0.05) is 11.4 Å². The summed E-state index contributed by atoms with van der Waals surface area (Å²) < 4.78 is 0. The maximum absolute atomic E-state index is 6.55. The van der Waals surface area contributed by atoms with Gasteiger partial charge in [-0.3, -0.25) is 0 Å². The summed E-state index contributed by atoms with van der Waals surface area (Å²) in [5.41, 5.74) is 21.6. The van der Waals surface area contributed by atoms with E-state index in [0.717, 1.165) is 16.9 Å². The Kier molecular flexibility index (Phi) is 4.47. The van der Waals surface area contributed by atoms with Gasteiger partial charge in [-0.2, -0.15) is 0 Å². The lowest BCUT2D eigenvalue weighted by molar-refractivity contribution is 0.577. The molecule has 24 heavy (non-hydrogen) atoms. The van der Waals surface area contributed by atoms with Gasteiger partial charge in [0.2, 0.25) is 0 Å². The quantitative estimate of drug-likeness (QED) is 0.658. The maximum atomic E-state index is 6.55. The van der Waals surface area contributed by atoms with Gasteiger partial charge >= 0.3 is 0 Å². The van der Waals surface area contributed by atoms with E-state index in [1.165, 1.54) is 27.8 Å². The van der Waals surface area contributed by atoms with Crippen molar-refractivity contribution in [2.45, 2.75) is 66.2 Å². The van der Waals surface area contributed by atoms with E-state index in [2.05, 4.69) is 73.6 Å². The van der Waals surface area contributed by atoms with Gasteiger partial charge in [0.15, 0.2) is 0 Å². The molecule has 0 aliphatic rings. The molecule has 2 aromatic carbocycles. The lowest BCUT2D eigenvalue weighted by atomic mass is 9.74. The van der Waals surface area contributed by atoms with Crippen molar-refractivity contribution in [3.8, 4) is 11.1 Å². The Morgan fingerprint density at radius 2 is 1.38 bits per heavy atom. The second-order valence-corrected chi connectivity index (χ2v) is 8.96. The average Bonchev–Trinajstić information content (AvgIpc) is 2.41. The summed E-state index contributed by atoms with van der Waals surface area (Å²) >= 11 is 0. The van der Waals surface area contributed by atoms with Crippen molar-refractivity contribution in [2.75, 3.05) is 11.5 Å². The zero-order valence-corrected chi connectivity index (χ0v) is 16.5. The molecule has 0 radical (unpaired) electrons. The molecule has 130 valence electrons. The van der Waals surface area contributed by atoms with Crippen LogP contribution in [-0.4, -0.2) is 0 Å². The molecule has 0 spiro atoms. The highest BCUT2D eigenvalue weighted by molar-refractivity contribution is 5.78. The second-order valence-electron chi connectivity index (χ2n) is 8.96. The van der Waals surface area contributed by atoms with Crippen molar-refractivity contribution in [1.82, 2.24) is 0 Å². The van der Waals surface area contributed by atoms with E-state index in [0.29, 0.717) is 0 Å². The molecule has 0 saturated heterocycles. The molecule has 0 saturated carbocycles. The van der Waals surface area contributed by atoms with Gasteiger partial charge in [-0.15, -0.1) is 0 Å². The first-order valence-corrected chi connectivity index (χ1v) is 8.64. The van der Waals surface area contributed by atoms with Crippen LogP contribution in [0.5, 0.6) is 0 Å². The first-order chi connectivity index (χ1) is 10.8. The van der Waals surface area contributed by atoms with E-state index in [-0.39, 0.29) is 10.8 Å². The molecule has 0 heterocycles. The van der Waals surface area contributed by atoms with Crippen LogP contribution in [0, 0.1) is 13.8 Å². The van der Waals surface area contributed by atoms with Gasteiger partial charge < -0.3 is 11.5 Å². The molecule has 0 aromatic heterocycles. The molecule has 2 nitrogen and oxygen atoms in total. The maximum Gasteiger partial charge on any atom is 0.0385 e. The zero-order chi connectivity index (χ0) is 18.4. The molecule has 0 amide bonds. The monoisotopic (exact) mass is 324 g/mol. The molecular formula is C22H32N2. The summed E-state index contributed by atoms with van der Waals surface area (Å²) in [6.45, 7) is 17.6. The highest BCUT2D eigenvalue weighted by Crippen LogP contribution is 2.43. The average molecular weight is 325 g/mol. The molecule has 0 atom stereocenters. The predicted octanol–water partition coefficient (Wildman–Crippen LogP) is 5.73. The van der Waals surface area contributed by atoms with E-state index >= 15 is 0 Å². The molecule has 2 rings (SSSR count). The van der Waals surface area contributed by atoms with Gasteiger partial charge in [0.1, 0.15) is 0 Å². The lowest BCUT2D eigenvalue weighted by Crippen LogP contribution is -2.21. The Morgan fingerprint density at radius 3 is 1.83 bits per heavy atom. The topological polar surface area (TPSA) is 52.0 Å². The van der Waals surface area contributed by atoms with Gasteiger partial charge in [-0.1, -0.05) is 47.6 Å². The molecule has 0 bridgehead atoms. The third-order valence-corrected chi connectivity index (χ3v) is 4.77. The molecule has 4 N–H and O–H groups in total. The van der Waals surface area contributed by atoms with Crippen LogP contribution < -0.4 is 11.5 Å². The summed E-state index contributed by atoms with van der Waals surface area (Å²) in [6.07, 6.45) is 0. The third-order valence-electron chi connectivity index (χ3n) is 4.77. The van der Waals surface area contributed by atoms with Crippen molar-refractivity contribution in [1.29, 1.82) is 0 Å². The number of nitrogens with two attached hydrogens (primary N) is 2. The minimum absolute atomic E-state index is 0.00284. The Labute approximate surface area is 147 Å². The molecule has 2 heteroatoms. The van der Waals surface area contributed by atoms with Gasteiger partial charge in [-0.25, -0.2) is 0 Å². The Balaban J connectivity index is 2.90. The van der Waals surface area contributed by atoms with Crippen LogP contribution in [0.1, 0.15) is 63.8 Å². The minimum atomic E-state index is 0.00284. The van der Waals surface area contributed by atoms with Crippen molar-refractivity contribution in [3.05, 3.63) is 46.5 Å². The number of anilines is 2. The van der Waals surface area contributed by atoms with Gasteiger partial charge in [0.25, 0.3) is 0 Å². The predicted molar refractivity (Wildman–Crippen MR) is 108 cm³/mol. The van der Waals surface area contributed by atoms with E-state index in [9.17, 15) is 0 Å². The highest BCUT2D eigenvalue weighted by Gasteiger charge is 2.27. The number of benzene rings is 2. The van der Waals surface area contributed by atoms with Crippen molar-refractivity contribution in [2.24, 2.45) is 0 Å². The fourth-order valence-electron chi connectivity index (χ4n) is 3.49. The van der Waals surface area contributed by atoms with Gasteiger partial charge in [-0.05, 0) is 76.3 Å². The minimum Gasteiger partial charge on any atom is -0.399 e. The standard InChI is InChI=1S/C22H32N2/c1-13-11-15(9-10-18(13)23)16-12-17(21(3,4)5)20(24)14(2)19(16)22(6,7)8/h9-12H,23-24H2,1-8H3. The Bertz CT molecular complexity index is 772. The van der Waals surface area contributed by atoms with Crippen LogP contribution in [0.3, 0.4) is 0 Å². The van der Waals surface area contributed by atoms with Crippen LogP contribution in [0.15, 0.2) is 24.3 Å². The first kappa shape index (κ1) is 18.4. The summed E-state index contributed by atoms with van der Waals surface area (Å²) in [5, 5.41) is 0. The van der Waals surface area contributed by atoms with Crippen molar-refractivity contribution in [3.63, 3.8) is 0 Å². The molecule has 0 aliphatic carbocycles. The largest absolute Gasteiger partial charge is 0.399 e. The van der Waals surface area contributed by atoms with Crippen LogP contribution in [0.4, 0.5) is 11.4 Å². The number of hydrogen-bond donors (Lipinski definition) is 2. The van der Waals surface area contributed by atoms with E-state index in [4.69, 9.17) is 11.5 Å². The fraction of sp³-hybridized carbons (Fsp3) is 0.455. The summed E-state index contributed by atoms with van der Waals surface area (Å²) in [4.78, 5) is 0. The lowest BCUT2D eigenvalue weighted by Gasteiger charge is -2.31. The molecule has 2 aromatic rings. The van der Waals surface area contributed by atoms with Crippen LogP contribution >= 0.6 is 0 Å². The van der Waals surface area contributed by atoms with Crippen LogP contribution in [0.25, 0.3) is 11.1 Å². The molecule has 0 unspecified atom stereocenters. The Hall–Kier alpha value is -1.96. The molecular weight excluding hydrogens is 292 g/mol. The SMILES string of the molecule is Cc1cc(-c2cc(C(C)(C)C)c(N)c(C)c2C(C)(C)C)ccc1N. The van der Waals surface area contributed by atoms with Crippen molar-refractivity contribution < 1.29 is 0 Å². The summed E-state index contributed by atoms with van der Waals surface area (Å²) in [5.74, 6) is 0. The van der Waals surface area contributed by atoms with Gasteiger partial charge in [0.05, 0.1) is 0 Å². The number of aryl methyl sites for hydroxylation is 1. The summed E-state index contributed by atoms with van der Waals surface area (Å²) in [6, 6.07) is 8.59. The van der Waals surface area contributed by atoms with Crippen LogP contribution in [0.2, 0.25) is 0 Å². The Morgan fingerprint density at radius 1 is 0.792 bits per heavy atom. The zero-order valence-electron chi connectivity index (χ0n) is 16.5. The second kappa shape index (κ2) is 5.84. The number of rotatable bonds is 1. The molecule has 0 aliphatic heterocycles. The van der Waals surface area contributed by atoms with Crippen LogP contribution in [-0.2, 0) is 10.8 Å². The summed E-state index contributed by atoms with van der Waals surface area (Å²) in [7, 11) is 0. The highest BCUT2D eigenvalue weighted by atomic mass is 14.6. The molecule has 0 fully saturated rings.